The van der Waals surface area contributed by atoms with Crippen molar-refractivity contribution in [1.82, 2.24) is 29.6 Å². The van der Waals surface area contributed by atoms with Gasteiger partial charge in [-0.15, -0.1) is 0 Å². The molecule has 0 bridgehead atoms. The zero-order chi connectivity index (χ0) is 41.7. The number of amides is 3. The number of methoxy groups -OCH3 is 2. The van der Waals surface area contributed by atoms with Gasteiger partial charge in [0.1, 0.15) is 23.4 Å². The number of piperazine rings is 1. The van der Waals surface area contributed by atoms with Gasteiger partial charge in [-0.3, -0.25) is 29.4 Å². The molecule has 0 aliphatic carbocycles. The number of rotatable bonds is 11. The molecule has 0 radical (unpaired) electrons. The maximum absolute atomic E-state index is 13.4. The molecule has 2 aromatic carbocycles. The van der Waals surface area contributed by atoms with Gasteiger partial charge in [-0.05, 0) is 86.0 Å². The molecule has 2 aromatic heterocycles. The second kappa shape index (κ2) is 16.3. The average molecular weight is 804 g/mol. The summed E-state index contributed by atoms with van der Waals surface area (Å²) in [6.45, 7) is 9.81. The van der Waals surface area contributed by atoms with Crippen LogP contribution < -0.4 is 30.1 Å². The number of fused-ring (bicyclic) bond motifs is 2. The summed E-state index contributed by atoms with van der Waals surface area (Å²) < 4.78 is 21.6. The van der Waals surface area contributed by atoms with E-state index in [9.17, 15) is 19.2 Å². The Balaban J connectivity index is 0.781. The lowest BCUT2D eigenvalue weighted by Crippen LogP contribution is -2.52. The summed E-state index contributed by atoms with van der Waals surface area (Å²) in [5.74, 6) is 1.76. The van der Waals surface area contributed by atoms with Crippen molar-refractivity contribution in [2.75, 3.05) is 82.9 Å². The minimum absolute atomic E-state index is 0.0254. The Kier molecular flexibility index (Phi) is 10.4. The average Bonchev–Trinajstić information content (AvgIpc) is 3.57. The van der Waals surface area contributed by atoms with Crippen LogP contribution in [0.25, 0.3) is 21.9 Å². The van der Waals surface area contributed by atoms with Gasteiger partial charge in [-0.2, -0.15) is 0 Å². The third-order valence-electron chi connectivity index (χ3n) is 13.2. The van der Waals surface area contributed by atoms with Crippen LogP contribution in [0.2, 0.25) is 0 Å². The summed E-state index contributed by atoms with van der Waals surface area (Å²) in [5.41, 5.74) is 5.31. The lowest BCUT2D eigenvalue weighted by atomic mass is 9.92. The molecule has 4 aromatic rings. The fourth-order valence-electron chi connectivity index (χ4n) is 9.44. The Morgan fingerprint density at radius 1 is 0.831 bits per heavy atom. The van der Waals surface area contributed by atoms with E-state index in [1.807, 2.05) is 24.4 Å². The predicted molar refractivity (Wildman–Crippen MR) is 226 cm³/mol. The minimum Gasteiger partial charge on any atom is -0.496 e. The van der Waals surface area contributed by atoms with Crippen LogP contribution in [0.1, 0.15) is 61.4 Å². The summed E-state index contributed by atoms with van der Waals surface area (Å²) in [4.78, 5) is 66.6. The van der Waals surface area contributed by atoms with E-state index in [0.29, 0.717) is 30.0 Å². The number of nitrogens with zero attached hydrogens (tertiary/aromatic N) is 7. The van der Waals surface area contributed by atoms with Crippen LogP contribution in [0, 0.1) is 5.92 Å². The molecule has 310 valence electrons. The molecule has 9 rings (SSSR count). The molecule has 1 N–H and O–H groups in total. The van der Waals surface area contributed by atoms with Crippen molar-refractivity contribution in [2.45, 2.75) is 57.6 Å². The number of imide groups is 1. The number of hydrogen-bond donors (Lipinski definition) is 1. The van der Waals surface area contributed by atoms with Crippen LogP contribution in [-0.2, 0) is 29.7 Å². The third-order valence-corrected chi connectivity index (χ3v) is 13.2. The molecule has 0 saturated carbocycles. The molecule has 59 heavy (non-hydrogen) atoms. The number of ether oxygens (including phenoxy) is 2. The number of benzene rings is 2. The molecule has 2 unspecified atom stereocenters. The van der Waals surface area contributed by atoms with Crippen LogP contribution in [0.3, 0.4) is 0 Å². The van der Waals surface area contributed by atoms with Gasteiger partial charge in [0.15, 0.2) is 0 Å². The standard InChI is InChI=1S/C45H54N8O6/c1-48-27-36(34-24-41(52-12-4-13-52)46-25-35(34)44(48)56)31-21-39(58-2)37(40(22-31)59-3)28-50-19-17-49(18-20-50)14-9-29-10-15-51(16-11-29)32-6-5-30-26-53(45(57)33(30)23-32)38-7-8-42(54)47-43(38)55/h5-6,21-25,27,29,38H,4,7-20,26,28H2,1-3H3,(H,47,54,55)/i8D. The Labute approximate surface area is 346 Å². The van der Waals surface area contributed by atoms with Gasteiger partial charge in [0.05, 0.1) is 25.2 Å². The van der Waals surface area contributed by atoms with Gasteiger partial charge in [0, 0.05) is 115 Å². The zero-order valence-electron chi connectivity index (χ0n) is 35.2. The summed E-state index contributed by atoms with van der Waals surface area (Å²) in [6.07, 6.45) is 7.08. The fraction of sp³-hybridized carbons (Fsp3) is 0.489. The number of anilines is 2. The van der Waals surface area contributed by atoms with Gasteiger partial charge < -0.3 is 33.6 Å². The molecule has 4 fully saturated rings. The quantitative estimate of drug-likeness (QED) is 0.221. The first-order valence-electron chi connectivity index (χ1n) is 21.6. The topological polar surface area (TPSA) is 133 Å². The third kappa shape index (κ3) is 7.64. The maximum Gasteiger partial charge on any atom is 0.259 e. The Morgan fingerprint density at radius 3 is 2.25 bits per heavy atom. The largest absolute Gasteiger partial charge is 0.496 e. The molecule has 14 nitrogen and oxygen atoms in total. The van der Waals surface area contributed by atoms with E-state index in [1.54, 1.807) is 32.0 Å². The summed E-state index contributed by atoms with van der Waals surface area (Å²) in [5, 5.41) is 3.71. The molecule has 0 spiro atoms. The van der Waals surface area contributed by atoms with Crippen LogP contribution in [0.4, 0.5) is 11.5 Å². The molecule has 4 saturated heterocycles. The van der Waals surface area contributed by atoms with E-state index in [-0.39, 0.29) is 17.9 Å². The molecule has 7 heterocycles. The van der Waals surface area contributed by atoms with Crippen LogP contribution >= 0.6 is 0 Å². The molecule has 3 amide bonds. The lowest BCUT2D eigenvalue weighted by Gasteiger charge is -2.37. The van der Waals surface area contributed by atoms with E-state index in [1.165, 1.54) is 4.90 Å². The van der Waals surface area contributed by atoms with Gasteiger partial charge in [-0.1, -0.05) is 6.07 Å². The van der Waals surface area contributed by atoms with E-state index < -0.39 is 24.3 Å². The second-order valence-corrected chi connectivity index (χ2v) is 16.7. The highest BCUT2D eigenvalue weighted by Crippen LogP contribution is 2.39. The normalized spacial score (nSPS) is 22.1. The predicted octanol–water partition coefficient (Wildman–Crippen LogP) is 4.01. The Bertz CT molecular complexity index is 2360. The number of aryl methyl sites for hydroxylation is 1. The van der Waals surface area contributed by atoms with Crippen LogP contribution in [-0.4, -0.2) is 121 Å². The van der Waals surface area contributed by atoms with E-state index >= 15 is 0 Å². The highest BCUT2D eigenvalue weighted by Gasteiger charge is 2.39. The van der Waals surface area contributed by atoms with Crippen molar-refractivity contribution >= 4 is 40.0 Å². The Morgan fingerprint density at radius 2 is 1.56 bits per heavy atom. The molecular formula is C45H54N8O6. The maximum atomic E-state index is 13.4. The second-order valence-electron chi connectivity index (χ2n) is 16.7. The first-order chi connectivity index (χ1) is 29.1. The van der Waals surface area contributed by atoms with Crippen molar-refractivity contribution in [3.63, 3.8) is 0 Å². The Hall–Kier alpha value is -5.47. The molecular weight excluding hydrogens is 749 g/mol. The number of pyridine rings is 2. The first kappa shape index (κ1) is 37.8. The lowest BCUT2D eigenvalue weighted by molar-refractivity contribution is -0.136. The van der Waals surface area contributed by atoms with E-state index in [4.69, 9.17) is 10.8 Å². The van der Waals surface area contributed by atoms with Crippen LogP contribution in [0.5, 0.6) is 11.5 Å². The summed E-state index contributed by atoms with van der Waals surface area (Å²) >= 11 is 0. The van der Waals surface area contributed by atoms with Crippen molar-refractivity contribution < 1.29 is 25.2 Å². The SMILES string of the molecule is [2H]C1CC(N2Cc3ccc(N4CCC(CCN5CCN(Cc6c(OC)cc(-c7cn(C)c(=O)c8cnc(N9CCC9)cc78)cc6OC)CC5)CC4)cc3C2=O)C(=O)NC1=O. The van der Waals surface area contributed by atoms with E-state index in [0.717, 1.165) is 135 Å². The molecule has 5 aliphatic rings. The monoisotopic (exact) mass is 803 g/mol. The number of piperidine rings is 2. The number of carbonyl (C=O) groups excluding carboxylic acids is 3. The summed E-state index contributed by atoms with van der Waals surface area (Å²) in [7, 11) is 5.19. The summed E-state index contributed by atoms with van der Waals surface area (Å²) in [6, 6.07) is 11.4. The van der Waals surface area contributed by atoms with Crippen molar-refractivity contribution in [2.24, 2.45) is 13.0 Å². The minimum atomic E-state index is -1.05. The molecule has 2 atom stereocenters. The van der Waals surface area contributed by atoms with E-state index in [2.05, 4.69) is 48.1 Å². The smallest absolute Gasteiger partial charge is 0.259 e. The van der Waals surface area contributed by atoms with Crippen molar-refractivity contribution in [3.05, 3.63) is 75.8 Å². The van der Waals surface area contributed by atoms with Crippen molar-refractivity contribution in [3.8, 4) is 22.6 Å². The number of carbonyl (C=O) groups is 3. The highest BCUT2D eigenvalue weighted by atomic mass is 16.5. The fourth-order valence-corrected chi connectivity index (χ4v) is 9.44. The van der Waals surface area contributed by atoms with Crippen LogP contribution in [0.15, 0.2) is 53.6 Å². The highest BCUT2D eigenvalue weighted by molar-refractivity contribution is 6.05. The number of aromatic nitrogens is 2. The molecule has 14 heteroatoms. The van der Waals surface area contributed by atoms with Gasteiger partial charge >= 0.3 is 0 Å². The van der Waals surface area contributed by atoms with Gasteiger partial charge in [0.2, 0.25) is 11.8 Å². The van der Waals surface area contributed by atoms with Crippen molar-refractivity contribution in [1.29, 1.82) is 0 Å². The molecule has 5 aliphatic heterocycles. The number of nitrogens with one attached hydrogen (secondary N) is 1. The van der Waals surface area contributed by atoms with Gasteiger partial charge in [-0.25, -0.2) is 4.98 Å². The van der Waals surface area contributed by atoms with Gasteiger partial charge in [0.25, 0.3) is 11.5 Å². The zero-order valence-corrected chi connectivity index (χ0v) is 34.2. The number of hydrogen-bond acceptors (Lipinski definition) is 11. The first-order valence-corrected chi connectivity index (χ1v) is 21.0.